The molecule has 2 aromatic rings. The van der Waals surface area contributed by atoms with Crippen molar-refractivity contribution in [1.82, 2.24) is 0 Å². The van der Waals surface area contributed by atoms with Crippen LogP contribution in [-0.2, 0) is 0 Å². The van der Waals surface area contributed by atoms with Crippen molar-refractivity contribution >= 4 is 0 Å². The molecule has 0 amide bonds. The van der Waals surface area contributed by atoms with Gasteiger partial charge in [-0.15, -0.1) is 0 Å². The van der Waals surface area contributed by atoms with Crippen molar-refractivity contribution in [3.8, 4) is 11.1 Å². The van der Waals surface area contributed by atoms with E-state index in [-0.39, 0.29) is 0 Å². The molecule has 0 atom stereocenters. The van der Waals surface area contributed by atoms with Gasteiger partial charge in [-0.2, -0.15) is 0 Å². The van der Waals surface area contributed by atoms with Crippen molar-refractivity contribution in [2.75, 3.05) is 0 Å². The Balaban J connectivity index is 1.29. The molecule has 0 radical (unpaired) electrons. The molecular formula is C26H34. The van der Waals surface area contributed by atoms with E-state index in [4.69, 9.17) is 0 Å². The minimum Gasteiger partial charge on any atom is -0.0625 e. The summed E-state index contributed by atoms with van der Waals surface area (Å²) >= 11 is 0. The van der Waals surface area contributed by atoms with Crippen LogP contribution < -0.4 is 0 Å². The van der Waals surface area contributed by atoms with E-state index in [0.29, 0.717) is 0 Å². The maximum atomic E-state index is 2.44. The van der Waals surface area contributed by atoms with Crippen molar-refractivity contribution in [3.05, 3.63) is 60.2 Å². The zero-order valence-corrected chi connectivity index (χ0v) is 16.4. The van der Waals surface area contributed by atoms with Gasteiger partial charge < -0.3 is 0 Å². The number of hydrogen-bond acceptors (Lipinski definition) is 0. The zero-order valence-electron chi connectivity index (χ0n) is 16.4. The van der Waals surface area contributed by atoms with E-state index in [9.17, 15) is 0 Å². The van der Waals surface area contributed by atoms with Gasteiger partial charge in [-0.1, -0.05) is 87.2 Å². The molecule has 2 fully saturated rings. The summed E-state index contributed by atoms with van der Waals surface area (Å²) in [7, 11) is 0. The Hall–Kier alpha value is -1.56. The van der Waals surface area contributed by atoms with Gasteiger partial charge in [-0.25, -0.2) is 0 Å². The van der Waals surface area contributed by atoms with Crippen molar-refractivity contribution in [2.45, 2.75) is 70.6 Å². The molecule has 0 aliphatic heterocycles. The monoisotopic (exact) mass is 346 g/mol. The second kappa shape index (κ2) is 8.42. The highest BCUT2D eigenvalue weighted by atomic mass is 14.3. The summed E-state index contributed by atoms with van der Waals surface area (Å²) in [5.41, 5.74) is 4.23. The molecule has 0 nitrogen and oxygen atoms in total. The van der Waals surface area contributed by atoms with Crippen LogP contribution in [0.3, 0.4) is 0 Å². The van der Waals surface area contributed by atoms with Crippen LogP contribution in [0, 0.1) is 17.8 Å². The molecule has 0 bridgehead atoms. The lowest BCUT2D eigenvalue weighted by atomic mass is 9.72. The summed E-state index contributed by atoms with van der Waals surface area (Å²) < 4.78 is 0. The van der Waals surface area contributed by atoms with Crippen molar-refractivity contribution < 1.29 is 0 Å². The highest BCUT2D eigenvalue weighted by Crippen LogP contribution is 2.41. The lowest BCUT2D eigenvalue weighted by molar-refractivity contribution is 0.211. The molecular weight excluding hydrogens is 312 g/mol. The van der Waals surface area contributed by atoms with E-state index in [1.807, 2.05) is 0 Å². The Labute approximate surface area is 160 Å². The summed E-state index contributed by atoms with van der Waals surface area (Å²) in [5.74, 6) is 3.83. The van der Waals surface area contributed by atoms with E-state index >= 15 is 0 Å². The number of hydrogen-bond donors (Lipinski definition) is 0. The summed E-state index contributed by atoms with van der Waals surface area (Å²) in [4.78, 5) is 0. The molecule has 4 rings (SSSR count). The maximum Gasteiger partial charge on any atom is -0.0162 e. The third-order valence-electron chi connectivity index (χ3n) is 7.14. The quantitative estimate of drug-likeness (QED) is 0.529. The Morgan fingerprint density at radius 3 is 1.77 bits per heavy atom. The summed E-state index contributed by atoms with van der Waals surface area (Å²) in [6.07, 6.45) is 13.2. The minimum atomic E-state index is 0.794. The molecule has 0 unspecified atom stereocenters. The summed E-state index contributed by atoms with van der Waals surface area (Å²) in [6, 6.07) is 20.1. The normalized spacial score (nSPS) is 29.4. The van der Waals surface area contributed by atoms with Gasteiger partial charge in [0.05, 0.1) is 0 Å². The lowest BCUT2D eigenvalue weighted by Crippen LogP contribution is -2.19. The third-order valence-corrected chi connectivity index (χ3v) is 7.14. The zero-order chi connectivity index (χ0) is 17.8. The molecule has 2 saturated carbocycles. The van der Waals surface area contributed by atoms with Crippen molar-refractivity contribution in [1.29, 1.82) is 0 Å². The van der Waals surface area contributed by atoms with Gasteiger partial charge in [0.25, 0.3) is 0 Å². The predicted molar refractivity (Wildman–Crippen MR) is 112 cm³/mol. The number of benzene rings is 2. The molecule has 0 aromatic heterocycles. The van der Waals surface area contributed by atoms with Gasteiger partial charge in [-0.3, -0.25) is 0 Å². The Bertz CT molecular complexity index is 653. The second-order valence-corrected chi connectivity index (χ2v) is 9.07. The van der Waals surface area contributed by atoms with Gasteiger partial charge >= 0.3 is 0 Å². The molecule has 0 spiro atoms. The molecule has 2 aromatic carbocycles. The fourth-order valence-corrected chi connectivity index (χ4v) is 5.35. The molecule has 26 heavy (non-hydrogen) atoms. The van der Waals surface area contributed by atoms with Crippen molar-refractivity contribution in [2.24, 2.45) is 17.8 Å². The smallest absolute Gasteiger partial charge is 0.0162 e. The van der Waals surface area contributed by atoms with Crippen LogP contribution in [0.15, 0.2) is 54.6 Å². The van der Waals surface area contributed by atoms with Crippen LogP contribution in [0.5, 0.6) is 0 Å². The Morgan fingerprint density at radius 1 is 0.615 bits per heavy atom. The first-order chi connectivity index (χ1) is 12.8. The van der Waals surface area contributed by atoms with E-state index < -0.39 is 0 Å². The first kappa shape index (κ1) is 17.8. The minimum absolute atomic E-state index is 0.794. The van der Waals surface area contributed by atoms with E-state index in [1.165, 1.54) is 68.9 Å². The van der Waals surface area contributed by atoms with Gasteiger partial charge in [0.2, 0.25) is 0 Å². The van der Waals surface area contributed by atoms with Gasteiger partial charge in [0, 0.05) is 0 Å². The van der Waals surface area contributed by atoms with Gasteiger partial charge in [0.1, 0.15) is 0 Å². The van der Waals surface area contributed by atoms with Crippen molar-refractivity contribution in [3.63, 3.8) is 0 Å². The average Bonchev–Trinajstić information content (AvgIpc) is 2.71. The van der Waals surface area contributed by atoms with Crippen LogP contribution in [-0.4, -0.2) is 0 Å². The molecule has 0 heteroatoms. The standard InChI is InChI=1S/C26H34/c1-20-7-9-21(10-8-20)19-22-11-13-24(14-12-22)26-17-15-25(16-18-26)23-5-3-2-4-6-23/h2-6,15-18,20-22,24H,7-14,19H2,1H3. The van der Waals surface area contributed by atoms with Crippen LogP contribution in [0.4, 0.5) is 0 Å². The highest BCUT2D eigenvalue weighted by molar-refractivity contribution is 5.63. The summed E-state index contributed by atoms with van der Waals surface area (Å²) in [5, 5.41) is 0. The van der Waals surface area contributed by atoms with E-state index in [0.717, 1.165) is 23.7 Å². The fraction of sp³-hybridized carbons (Fsp3) is 0.538. The molecule has 2 aliphatic rings. The SMILES string of the molecule is CC1CCC(CC2CCC(c3ccc(-c4ccccc4)cc3)CC2)CC1. The van der Waals surface area contributed by atoms with E-state index in [1.54, 1.807) is 5.56 Å². The number of rotatable bonds is 4. The summed E-state index contributed by atoms with van der Waals surface area (Å²) in [6.45, 7) is 2.44. The van der Waals surface area contributed by atoms with Crippen LogP contribution >= 0.6 is 0 Å². The third kappa shape index (κ3) is 4.40. The molecule has 0 heterocycles. The average molecular weight is 347 g/mol. The largest absolute Gasteiger partial charge is 0.0625 e. The van der Waals surface area contributed by atoms with Gasteiger partial charge in [0.15, 0.2) is 0 Å². The van der Waals surface area contributed by atoms with Crippen LogP contribution in [0.2, 0.25) is 0 Å². The first-order valence-electron chi connectivity index (χ1n) is 10.9. The first-order valence-corrected chi connectivity index (χ1v) is 10.9. The Kier molecular flexibility index (Phi) is 5.78. The Morgan fingerprint density at radius 2 is 1.15 bits per heavy atom. The molecule has 0 N–H and O–H groups in total. The highest BCUT2D eigenvalue weighted by Gasteiger charge is 2.26. The van der Waals surface area contributed by atoms with Crippen LogP contribution in [0.1, 0.15) is 76.2 Å². The topological polar surface area (TPSA) is 0 Å². The van der Waals surface area contributed by atoms with Crippen LogP contribution in [0.25, 0.3) is 11.1 Å². The maximum absolute atomic E-state index is 2.44. The van der Waals surface area contributed by atoms with E-state index in [2.05, 4.69) is 61.5 Å². The molecule has 0 saturated heterocycles. The molecule has 138 valence electrons. The molecule has 2 aliphatic carbocycles. The fourth-order valence-electron chi connectivity index (χ4n) is 5.35. The second-order valence-electron chi connectivity index (χ2n) is 9.07. The lowest BCUT2D eigenvalue weighted by Gasteiger charge is -2.33. The predicted octanol–water partition coefficient (Wildman–Crippen LogP) is 7.84. The van der Waals surface area contributed by atoms with Gasteiger partial charge in [-0.05, 0) is 72.5 Å².